The molecule has 148 valence electrons. The van der Waals surface area contributed by atoms with E-state index in [9.17, 15) is 10.2 Å². The zero-order valence-corrected chi connectivity index (χ0v) is 15.9. The van der Waals surface area contributed by atoms with Crippen LogP contribution in [-0.4, -0.2) is 52.7 Å². The summed E-state index contributed by atoms with van der Waals surface area (Å²) in [7, 11) is 3.95. The van der Waals surface area contributed by atoms with Gasteiger partial charge in [0.2, 0.25) is 0 Å². The molecule has 5 rings (SSSR count). The molecule has 1 aliphatic carbocycles. The monoisotopic (exact) mass is 384 g/mol. The Hall–Kier alpha value is -2.19. The van der Waals surface area contributed by atoms with Gasteiger partial charge in [-0.1, -0.05) is 36.4 Å². The maximum atomic E-state index is 11.4. The molecule has 3 aliphatic rings. The fourth-order valence-electron chi connectivity index (χ4n) is 5.15. The van der Waals surface area contributed by atoms with Crippen molar-refractivity contribution in [1.82, 2.24) is 10.1 Å². The highest BCUT2D eigenvalue weighted by atomic mass is 16.6. The maximum Gasteiger partial charge on any atom is 0.260 e. The summed E-state index contributed by atoms with van der Waals surface area (Å²) in [5, 5.41) is 25.5. The van der Waals surface area contributed by atoms with Gasteiger partial charge in [-0.3, -0.25) is 4.90 Å². The second-order valence-electron chi connectivity index (χ2n) is 7.99. The lowest BCUT2D eigenvalue weighted by atomic mass is 9.64. The van der Waals surface area contributed by atoms with Crippen LogP contribution in [0.1, 0.15) is 35.5 Å². The molecule has 1 fully saturated rings. The Kier molecular flexibility index (Phi) is 4.10. The van der Waals surface area contributed by atoms with E-state index in [4.69, 9.17) is 14.0 Å². The Morgan fingerprint density at radius 3 is 2.79 bits per heavy atom. The van der Waals surface area contributed by atoms with Crippen LogP contribution in [0.4, 0.5) is 0 Å². The number of benzene rings is 1. The summed E-state index contributed by atoms with van der Waals surface area (Å²) in [6, 6.07) is 9.65. The summed E-state index contributed by atoms with van der Waals surface area (Å²) in [4.78, 5) is 2.06. The van der Waals surface area contributed by atoms with Gasteiger partial charge in [0, 0.05) is 5.92 Å². The second-order valence-corrected chi connectivity index (χ2v) is 7.99. The van der Waals surface area contributed by atoms with Gasteiger partial charge in [-0.2, -0.15) is 0 Å². The van der Waals surface area contributed by atoms with Crippen molar-refractivity contribution < 1.29 is 24.2 Å². The van der Waals surface area contributed by atoms with E-state index in [1.807, 2.05) is 50.5 Å². The molecule has 0 saturated carbocycles. The van der Waals surface area contributed by atoms with Crippen molar-refractivity contribution in [2.24, 2.45) is 5.92 Å². The minimum absolute atomic E-state index is 0.0305. The Balaban J connectivity index is 1.56. The summed E-state index contributed by atoms with van der Waals surface area (Å²) >= 11 is 0. The third-order valence-electron chi connectivity index (χ3n) is 6.27. The number of aliphatic hydroxyl groups excluding tert-OH is 2. The van der Waals surface area contributed by atoms with Crippen molar-refractivity contribution in [3.05, 3.63) is 58.9 Å². The Morgan fingerprint density at radius 2 is 2.07 bits per heavy atom. The first-order valence-electron chi connectivity index (χ1n) is 9.56. The Morgan fingerprint density at radius 1 is 1.29 bits per heavy atom. The Labute approximate surface area is 163 Å². The number of hydrogen-bond acceptors (Lipinski definition) is 7. The predicted octanol–water partition coefficient (Wildman–Crippen LogP) is 1.98. The highest BCUT2D eigenvalue weighted by Gasteiger charge is 2.66. The first-order chi connectivity index (χ1) is 13.6. The normalized spacial score (nSPS) is 33.0. The molecule has 7 nitrogen and oxygen atoms in total. The van der Waals surface area contributed by atoms with Gasteiger partial charge in [0.05, 0.1) is 24.3 Å². The molecule has 28 heavy (non-hydrogen) atoms. The van der Waals surface area contributed by atoms with Crippen molar-refractivity contribution in [1.29, 1.82) is 0 Å². The molecule has 1 aromatic heterocycles. The van der Waals surface area contributed by atoms with E-state index in [1.165, 1.54) is 0 Å². The molecule has 2 N–H and O–H groups in total. The van der Waals surface area contributed by atoms with E-state index in [-0.39, 0.29) is 30.6 Å². The first kappa shape index (κ1) is 17.9. The van der Waals surface area contributed by atoms with Crippen molar-refractivity contribution in [3.63, 3.8) is 0 Å². The van der Waals surface area contributed by atoms with Gasteiger partial charge in [0.25, 0.3) is 5.88 Å². The molecule has 0 amide bonds. The van der Waals surface area contributed by atoms with E-state index in [2.05, 4.69) is 10.1 Å². The summed E-state index contributed by atoms with van der Waals surface area (Å²) in [6.07, 6.45) is 1.60. The summed E-state index contributed by atoms with van der Waals surface area (Å²) < 4.78 is 17.9. The van der Waals surface area contributed by atoms with Gasteiger partial charge in [-0.15, -0.1) is 0 Å². The number of ether oxygens (including phenoxy) is 2. The maximum absolute atomic E-state index is 11.4. The molecule has 0 radical (unpaired) electrons. The van der Waals surface area contributed by atoms with Crippen LogP contribution in [-0.2, 0) is 11.3 Å². The van der Waals surface area contributed by atoms with Gasteiger partial charge < -0.3 is 24.2 Å². The third kappa shape index (κ3) is 2.34. The lowest BCUT2D eigenvalue weighted by molar-refractivity contribution is -0.116. The number of aromatic nitrogens is 1. The van der Waals surface area contributed by atoms with Crippen LogP contribution >= 0.6 is 0 Å². The summed E-state index contributed by atoms with van der Waals surface area (Å²) in [5.74, 6) is 0.865. The smallest absolute Gasteiger partial charge is 0.260 e. The van der Waals surface area contributed by atoms with Gasteiger partial charge >= 0.3 is 0 Å². The van der Waals surface area contributed by atoms with Crippen molar-refractivity contribution in [2.75, 3.05) is 20.7 Å². The molecular weight excluding hydrogens is 360 g/mol. The third-order valence-corrected chi connectivity index (χ3v) is 6.27. The standard InChI is InChI=1S/C21H24N2O5/c1-23(2)17-15-9-14-8-13(10-24)21(15,27-14)19(25)16-18(17)28-22-20(16)26-11-12-6-4-3-5-7-12/h3-8,14-15,17,19,24-25H,9-11H2,1-2H3/t14-,15-,17-,19?,21+/m0/s1. The van der Waals surface area contributed by atoms with Crippen LogP contribution < -0.4 is 4.74 Å². The fraction of sp³-hybridized carbons (Fsp3) is 0.476. The van der Waals surface area contributed by atoms with Crippen LogP contribution in [0.15, 0.2) is 46.5 Å². The van der Waals surface area contributed by atoms with Crippen molar-refractivity contribution in [2.45, 2.75) is 36.9 Å². The van der Waals surface area contributed by atoms with E-state index in [0.717, 1.165) is 17.6 Å². The number of fused-ring (bicyclic) bond motifs is 2. The largest absolute Gasteiger partial charge is 0.470 e. The molecule has 5 atom stereocenters. The van der Waals surface area contributed by atoms with E-state index < -0.39 is 11.7 Å². The fourth-order valence-corrected chi connectivity index (χ4v) is 5.15. The quantitative estimate of drug-likeness (QED) is 0.762. The van der Waals surface area contributed by atoms with E-state index in [1.54, 1.807) is 0 Å². The average molecular weight is 384 g/mol. The highest BCUT2D eigenvalue weighted by Crippen LogP contribution is 2.63. The molecule has 2 aliphatic heterocycles. The number of nitrogens with zero attached hydrogens (tertiary/aromatic N) is 2. The zero-order valence-electron chi connectivity index (χ0n) is 15.9. The number of rotatable bonds is 5. The van der Waals surface area contributed by atoms with Crippen LogP contribution in [0.5, 0.6) is 5.88 Å². The minimum atomic E-state index is -1.01. The second kappa shape index (κ2) is 6.42. The molecule has 7 heteroatoms. The summed E-state index contributed by atoms with van der Waals surface area (Å²) in [5.41, 5.74) is 1.29. The van der Waals surface area contributed by atoms with Crippen LogP contribution in [0.3, 0.4) is 0 Å². The molecule has 1 unspecified atom stereocenters. The van der Waals surface area contributed by atoms with Crippen LogP contribution in [0.2, 0.25) is 0 Å². The predicted molar refractivity (Wildman–Crippen MR) is 99.5 cm³/mol. The zero-order chi connectivity index (χ0) is 19.5. The van der Waals surface area contributed by atoms with E-state index in [0.29, 0.717) is 17.9 Å². The van der Waals surface area contributed by atoms with Crippen molar-refractivity contribution in [3.8, 4) is 5.88 Å². The van der Waals surface area contributed by atoms with E-state index >= 15 is 0 Å². The average Bonchev–Trinajstić information content (AvgIpc) is 3.38. The molecule has 1 saturated heterocycles. The molecular formula is C21H24N2O5. The lowest BCUT2D eigenvalue weighted by Gasteiger charge is -2.46. The number of hydrogen-bond donors (Lipinski definition) is 2. The molecule has 2 bridgehead atoms. The molecule has 3 heterocycles. The topological polar surface area (TPSA) is 88.2 Å². The minimum Gasteiger partial charge on any atom is -0.470 e. The molecule has 1 aromatic carbocycles. The van der Waals surface area contributed by atoms with Gasteiger partial charge in [-0.05, 0) is 36.8 Å². The highest BCUT2D eigenvalue weighted by molar-refractivity contribution is 5.47. The Bertz CT molecular complexity index is 909. The van der Waals surface area contributed by atoms with Gasteiger partial charge in [0.1, 0.15) is 18.3 Å². The van der Waals surface area contributed by atoms with Crippen molar-refractivity contribution >= 4 is 0 Å². The summed E-state index contributed by atoms with van der Waals surface area (Å²) in [6.45, 7) is 0.173. The first-order valence-corrected chi connectivity index (χ1v) is 9.56. The molecule has 1 spiro atoms. The van der Waals surface area contributed by atoms with Crippen LogP contribution in [0.25, 0.3) is 0 Å². The molecule has 2 aromatic rings. The number of aliphatic hydroxyl groups is 2. The van der Waals surface area contributed by atoms with Gasteiger partial charge in [0.15, 0.2) is 5.76 Å². The SMILES string of the molecule is CN(C)[C@@H]1c2onc(OCc3ccccc3)c2C(O)[C@@]23O[C@@H](C=C2CO)C[C@@H]13. The van der Waals surface area contributed by atoms with Gasteiger partial charge in [-0.25, -0.2) is 0 Å². The lowest BCUT2D eigenvalue weighted by Crippen LogP contribution is -2.52. The van der Waals surface area contributed by atoms with Crippen LogP contribution in [0, 0.1) is 5.92 Å².